The van der Waals surface area contributed by atoms with Crippen LogP contribution in [0.5, 0.6) is 0 Å². The molecule has 1 heterocycles. The van der Waals surface area contributed by atoms with Crippen LogP contribution in [0.3, 0.4) is 0 Å². The van der Waals surface area contributed by atoms with Crippen LogP contribution in [-0.2, 0) is 22.4 Å². The molecule has 3 rings (SSSR count). The Hall–Kier alpha value is -2.21. The number of hydrogen-bond acceptors (Lipinski definition) is 4. The third-order valence-corrected chi connectivity index (χ3v) is 5.49. The van der Waals surface area contributed by atoms with Gasteiger partial charge in [0.1, 0.15) is 0 Å². The van der Waals surface area contributed by atoms with Crippen LogP contribution in [0.15, 0.2) is 35.7 Å². The van der Waals surface area contributed by atoms with Gasteiger partial charge < -0.3 is 10.4 Å². The number of amides is 1. The molecule has 1 saturated carbocycles. The van der Waals surface area contributed by atoms with E-state index in [2.05, 4.69) is 22.4 Å². The summed E-state index contributed by atoms with van der Waals surface area (Å²) in [6.07, 6.45) is 4.36. The number of hydrogen-bond donors (Lipinski definition) is 2. The Balaban J connectivity index is 1.58. The SMILES string of the molecule is O=C(O)CC1(NC(=O)Cc2csc(Cc3ccccc3)n2)CCCC1. The van der Waals surface area contributed by atoms with E-state index in [1.165, 1.54) is 5.56 Å². The number of rotatable bonds is 7. The highest BCUT2D eigenvalue weighted by Gasteiger charge is 2.37. The van der Waals surface area contributed by atoms with Gasteiger partial charge >= 0.3 is 5.97 Å². The van der Waals surface area contributed by atoms with Crippen LogP contribution < -0.4 is 5.32 Å². The quantitative estimate of drug-likeness (QED) is 0.797. The summed E-state index contributed by atoms with van der Waals surface area (Å²) in [6, 6.07) is 10.1. The summed E-state index contributed by atoms with van der Waals surface area (Å²) in [6.45, 7) is 0. The number of nitrogens with zero attached hydrogens (tertiary/aromatic N) is 1. The van der Waals surface area contributed by atoms with E-state index in [-0.39, 0.29) is 18.7 Å². The molecule has 1 fully saturated rings. The predicted octanol–water partition coefficient (Wildman–Crippen LogP) is 3.18. The van der Waals surface area contributed by atoms with E-state index < -0.39 is 11.5 Å². The van der Waals surface area contributed by atoms with Crippen molar-refractivity contribution in [2.45, 2.75) is 50.5 Å². The van der Waals surface area contributed by atoms with Crippen LogP contribution in [0, 0.1) is 0 Å². The van der Waals surface area contributed by atoms with Crippen molar-refractivity contribution in [1.29, 1.82) is 0 Å². The lowest BCUT2D eigenvalue weighted by Gasteiger charge is -2.28. The maximum atomic E-state index is 12.4. The molecule has 1 aliphatic rings. The Morgan fingerprint density at radius 3 is 2.60 bits per heavy atom. The molecule has 1 aromatic carbocycles. The highest BCUT2D eigenvalue weighted by Crippen LogP contribution is 2.32. The molecule has 2 N–H and O–H groups in total. The molecule has 0 radical (unpaired) electrons. The molecule has 0 unspecified atom stereocenters. The number of aliphatic carboxylic acids is 1. The van der Waals surface area contributed by atoms with Gasteiger partial charge in [0.25, 0.3) is 0 Å². The second-order valence-electron chi connectivity index (χ2n) is 6.68. The minimum atomic E-state index is -0.860. The fraction of sp³-hybridized carbons (Fsp3) is 0.421. The molecule has 1 aromatic heterocycles. The first kappa shape index (κ1) is 17.6. The van der Waals surface area contributed by atoms with Gasteiger partial charge in [0.2, 0.25) is 5.91 Å². The van der Waals surface area contributed by atoms with Gasteiger partial charge in [-0.15, -0.1) is 11.3 Å². The maximum Gasteiger partial charge on any atom is 0.305 e. The van der Waals surface area contributed by atoms with Crippen molar-refractivity contribution in [2.24, 2.45) is 0 Å². The van der Waals surface area contributed by atoms with E-state index in [4.69, 9.17) is 5.11 Å². The highest BCUT2D eigenvalue weighted by atomic mass is 32.1. The predicted molar refractivity (Wildman–Crippen MR) is 96.7 cm³/mol. The molecule has 0 spiro atoms. The van der Waals surface area contributed by atoms with Gasteiger partial charge in [-0.3, -0.25) is 9.59 Å². The molecular formula is C19H22N2O3S. The summed E-state index contributed by atoms with van der Waals surface area (Å²) in [5.74, 6) is -0.999. The van der Waals surface area contributed by atoms with E-state index in [0.29, 0.717) is 0 Å². The second kappa shape index (κ2) is 7.78. The lowest BCUT2D eigenvalue weighted by atomic mass is 9.93. The van der Waals surface area contributed by atoms with Gasteiger partial charge in [0.15, 0.2) is 0 Å². The molecule has 5 nitrogen and oxygen atoms in total. The van der Waals surface area contributed by atoms with E-state index in [1.54, 1.807) is 11.3 Å². The number of thiazole rings is 1. The first-order valence-electron chi connectivity index (χ1n) is 8.55. The minimum Gasteiger partial charge on any atom is -0.481 e. The molecule has 0 atom stereocenters. The maximum absolute atomic E-state index is 12.4. The Labute approximate surface area is 151 Å². The Morgan fingerprint density at radius 2 is 1.92 bits per heavy atom. The Morgan fingerprint density at radius 1 is 1.20 bits per heavy atom. The lowest BCUT2D eigenvalue weighted by molar-refractivity contribution is -0.139. The topological polar surface area (TPSA) is 79.3 Å². The van der Waals surface area contributed by atoms with E-state index in [9.17, 15) is 9.59 Å². The van der Waals surface area contributed by atoms with Gasteiger partial charge in [-0.2, -0.15) is 0 Å². The zero-order valence-corrected chi connectivity index (χ0v) is 14.8. The zero-order valence-electron chi connectivity index (χ0n) is 14.0. The van der Waals surface area contributed by atoms with Gasteiger partial charge in [0.05, 0.1) is 29.1 Å². The number of carbonyl (C=O) groups is 2. The molecule has 0 saturated heterocycles. The number of benzene rings is 1. The van der Waals surface area contributed by atoms with Crippen LogP contribution in [0.4, 0.5) is 0 Å². The standard InChI is InChI=1S/C19H22N2O3S/c22-16(21-19(12-18(23)24)8-4-5-9-19)11-15-13-25-17(20-15)10-14-6-2-1-3-7-14/h1-3,6-7,13H,4-5,8-12H2,(H,21,22)(H,23,24). The third-order valence-electron chi connectivity index (χ3n) is 4.59. The average molecular weight is 358 g/mol. The molecule has 6 heteroatoms. The summed E-state index contributed by atoms with van der Waals surface area (Å²) in [7, 11) is 0. The third kappa shape index (κ3) is 4.89. The molecular weight excluding hydrogens is 336 g/mol. The number of carboxylic acid groups (broad SMARTS) is 1. The molecule has 25 heavy (non-hydrogen) atoms. The van der Waals surface area contributed by atoms with Crippen molar-refractivity contribution in [1.82, 2.24) is 10.3 Å². The average Bonchev–Trinajstić information content (AvgIpc) is 3.17. The summed E-state index contributed by atoms with van der Waals surface area (Å²) < 4.78 is 0. The fourth-order valence-corrected chi connectivity index (χ4v) is 4.30. The smallest absolute Gasteiger partial charge is 0.305 e. The van der Waals surface area contributed by atoms with Gasteiger partial charge in [-0.25, -0.2) is 4.98 Å². The Kier molecular flexibility index (Phi) is 5.48. The summed E-state index contributed by atoms with van der Waals surface area (Å²) in [5.41, 5.74) is 1.36. The largest absolute Gasteiger partial charge is 0.481 e. The van der Waals surface area contributed by atoms with Crippen molar-refractivity contribution in [3.05, 3.63) is 52.0 Å². The van der Waals surface area contributed by atoms with Crippen LogP contribution in [-0.4, -0.2) is 27.5 Å². The highest BCUT2D eigenvalue weighted by molar-refractivity contribution is 7.09. The van der Waals surface area contributed by atoms with Crippen molar-refractivity contribution in [2.75, 3.05) is 0 Å². The minimum absolute atomic E-state index is 0.00490. The lowest BCUT2D eigenvalue weighted by Crippen LogP contribution is -2.48. The second-order valence-corrected chi connectivity index (χ2v) is 7.62. The molecule has 1 amide bonds. The summed E-state index contributed by atoms with van der Waals surface area (Å²) in [5, 5.41) is 15.0. The first-order chi connectivity index (χ1) is 12.0. The van der Waals surface area contributed by atoms with Crippen molar-refractivity contribution >= 4 is 23.2 Å². The fourth-order valence-electron chi connectivity index (χ4n) is 3.47. The van der Waals surface area contributed by atoms with Gasteiger partial charge in [-0.1, -0.05) is 43.2 Å². The van der Waals surface area contributed by atoms with Gasteiger partial charge in [-0.05, 0) is 18.4 Å². The van der Waals surface area contributed by atoms with Crippen LogP contribution in [0.1, 0.15) is 48.4 Å². The van der Waals surface area contributed by atoms with Crippen LogP contribution >= 0.6 is 11.3 Å². The van der Waals surface area contributed by atoms with Crippen LogP contribution in [0.25, 0.3) is 0 Å². The summed E-state index contributed by atoms with van der Waals surface area (Å²) >= 11 is 1.55. The van der Waals surface area contributed by atoms with Crippen molar-refractivity contribution < 1.29 is 14.7 Å². The number of carboxylic acids is 1. The monoisotopic (exact) mass is 358 g/mol. The molecule has 0 aliphatic heterocycles. The molecule has 0 bridgehead atoms. The van der Waals surface area contributed by atoms with Crippen molar-refractivity contribution in [3.63, 3.8) is 0 Å². The molecule has 1 aliphatic carbocycles. The number of nitrogens with one attached hydrogen (secondary N) is 1. The first-order valence-corrected chi connectivity index (χ1v) is 9.43. The van der Waals surface area contributed by atoms with E-state index in [0.717, 1.165) is 42.8 Å². The van der Waals surface area contributed by atoms with Crippen molar-refractivity contribution in [3.8, 4) is 0 Å². The van der Waals surface area contributed by atoms with Gasteiger partial charge in [0, 0.05) is 11.8 Å². The van der Waals surface area contributed by atoms with Crippen LogP contribution in [0.2, 0.25) is 0 Å². The number of aromatic nitrogens is 1. The van der Waals surface area contributed by atoms with E-state index in [1.807, 2.05) is 23.6 Å². The zero-order chi connectivity index (χ0) is 17.7. The normalized spacial score (nSPS) is 15.8. The van der Waals surface area contributed by atoms with E-state index >= 15 is 0 Å². The molecule has 132 valence electrons. The Bertz CT molecular complexity index is 736. The molecule has 2 aromatic rings. The summed E-state index contributed by atoms with van der Waals surface area (Å²) in [4.78, 5) is 28.0. The number of carbonyl (C=O) groups excluding carboxylic acids is 1.